The summed E-state index contributed by atoms with van der Waals surface area (Å²) >= 11 is 7.57. The molecule has 3 rings (SSSR count). The van der Waals surface area contributed by atoms with Crippen LogP contribution in [0.15, 0.2) is 53.5 Å². The number of methoxy groups -OCH3 is 1. The number of carbonyl (C=O) groups is 1. The number of carbonyl (C=O) groups excluding carboxylic acids is 1. The summed E-state index contributed by atoms with van der Waals surface area (Å²) in [6.45, 7) is 3.67. The molecular weight excluding hydrogens is 396 g/mol. The second-order valence-corrected chi connectivity index (χ2v) is 7.31. The highest BCUT2D eigenvalue weighted by atomic mass is 35.5. The molecule has 1 heterocycles. The third kappa shape index (κ3) is 4.90. The first kappa shape index (κ1) is 20.3. The monoisotopic (exact) mass is 416 g/mol. The standard InChI is InChI=1S/C21H21ClN2O3S/c1-3-27-16-9-10-18-19(14-16)28-21(24(18)12-13-26-2)23-20(25)11-8-15-6-4-5-7-17(15)22/h4-11,14H,3,12-13H2,1-2H3. The van der Waals surface area contributed by atoms with E-state index in [0.717, 1.165) is 21.5 Å². The van der Waals surface area contributed by atoms with Crippen LogP contribution in [-0.2, 0) is 16.1 Å². The summed E-state index contributed by atoms with van der Waals surface area (Å²) in [7, 11) is 1.65. The molecule has 7 heteroatoms. The van der Waals surface area contributed by atoms with Crippen molar-refractivity contribution in [3.05, 3.63) is 63.9 Å². The van der Waals surface area contributed by atoms with Crippen molar-refractivity contribution in [1.82, 2.24) is 4.57 Å². The molecule has 146 valence electrons. The average Bonchev–Trinajstić information content (AvgIpc) is 3.02. The first-order valence-corrected chi connectivity index (χ1v) is 10.1. The Morgan fingerprint density at radius 3 is 2.86 bits per heavy atom. The van der Waals surface area contributed by atoms with Gasteiger partial charge in [0.05, 0.1) is 23.4 Å². The Hall–Kier alpha value is -2.41. The molecule has 0 bridgehead atoms. The number of benzene rings is 2. The number of amides is 1. The number of fused-ring (bicyclic) bond motifs is 1. The second-order valence-electron chi connectivity index (χ2n) is 5.90. The lowest BCUT2D eigenvalue weighted by Gasteiger charge is -2.05. The van der Waals surface area contributed by atoms with E-state index in [0.29, 0.717) is 29.6 Å². The van der Waals surface area contributed by atoms with Crippen LogP contribution < -0.4 is 9.54 Å². The maximum absolute atomic E-state index is 12.4. The van der Waals surface area contributed by atoms with E-state index in [1.165, 1.54) is 17.4 Å². The molecule has 0 unspecified atom stereocenters. The van der Waals surface area contributed by atoms with E-state index in [4.69, 9.17) is 21.1 Å². The van der Waals surface area contributed by atoms with Gasteiger partial charge in [-0.2, -0.15) is 4.99 Å². The van der Waals surface area contributed by atoms with Crippen LogP contribution in [0.3, 0.4) is 0 Å². The zero-order valence-corrected chi connectivity index (χ0v) is 17.3. The number of hydrogen-bond donors (Lipinski definition) is 0. The van der Waals surface area contributed by atoms with Crippen LogP contribution in [0, 0.1) is 0 Å². The minimum Gasteiger partial charge on any atom is -0.494 e. The third-order valence-electron chi connectivity index (χ3n) is 4.00. The van der Waals surface area contributed by atoms with E-state index in [1.54, 1.807) is 19.3 Å². The van der Waals surface area contributed by atoms with Crippen molar-refractivity contribution >= 4 is 45.1 Å². The predicted octanol–water partition coefficient (Wildman–Crippen LogP) is 4.54. The van der Waals surface area contributed by atoms with Crippen LogP contribution in [0.5, 0.6) is 5.75 Å². The lowest BCUT2D eigenvalue weighted by atomic mass is 10.2. The van der Waals surface area contributed by atoms with Gasteiger partial charge in [-0.3, -0.25) is 4.79 Å². The Balaban J connectivity index is 1.97. The molecule has 3 aromatic rings. The highest BCUT2D eigenvalue weighted by molar-refractivity contribution is 7.16. The molecular formula is C21H21ClN2O3S. The zero-order chi connectivity index (χ0) is 19.9. The molecule has 0 radical (unpaired) electrons. The summed E-state index contributed by atoms with van der Waals surface area (Å²) in [6.07, 6.45) is 3.10. The quantitative estimate of drug-likeness (QED) is 0.531. The van der Waals surface area contributed by atoms with Crippen LogP contribution in [0.4, 0.5) is 0 Å². The van der Waals surface area contributed by atoms with Gasteiger partial charge < -0.3 is 14.0 Å². The number of nitrogens with zero attached hydrogens (tertiary/aromatic N) is 2. The van der Waals surface area contributed by atoms with Crippen LogP contribution >= 0.6 is 22.9 Å². The molecule has 5 nitrogen and oxygen atoms in total. The molecule has 0 aliphatic carbocycles. The molecule has 0 N–H and O–H groups in total. The highest BCUT2D eigenvalue weighted by Crippen LogP contribution is 2.23. The Kier molecular flexibility index (Phi) is 7.03. The van der Waals surface area contributed by atoms with Crippen molar-refractivity contribution in [2.75, 3.05) is 20.3 Å². The van der Waals surface area contributed by atoms with Gasteiger partial charge in [0.1, 0.15) is 5.75 Å². The van der Waals surface area contributed by atoms with Crippen molar-refractivity contribution in [2.45, 2.75) is 13.5 Å². The van der Waals surface area contributed by atoms with Crippen molar-refractivity contribution < 1.29 is 14.3 Å². The second kappa shape index (κ2) is 9.68. The minimum absolute atomic E-state index is 0.345. The van der Waals surface area contributed by atoms with Gasteiger partial charge in [0, 0.05) is 24.8 Å². The van der Waals surface area contributed by atoms with Gasteiger partial charge in [-0.25, -0.2) is 0 Å². The zero-order valence-electron chi connectivity index (χ0n) is 15.7. The summed E-state index contributed by atoms with van der Waals surface area (Å²) in [5, 5.41) is 0.590. The van der Waals surface area contributed by atoms with Gasteiger partial charge in [0.15, 0.2) is 4.80 Å². The average molecular weight is 417 g/mol. The van der Waals surface area contributed by atoms with Crippen LogP contribution in [0.25, 0.3) is 16.3 Å². The van der Waals surface area contributed by atoms with Crippen LogP contribution in [0.2, 0.25) is 5.02 Å². The molecule has 0 aliphatic rings. The van der Waals surface area contributed by atoms with Crippen LogP contribution in [-0.4, -0.2) is 30.8 Å². The summed E-state index contributed by atoms with van der Waals surface area (Å²) in [6, 6.07) is 13.2. The Bertz CT molecular complexity index is 1070. The Labute approximate surface area is 172 Å². The summed E-state index contributed by atoms with van der Waals surface area (Å²) in [5.41, 5.74) is 1.77. The van der Waals surface area contributed by atoms with Crippen molar-refractivity contribution in [1.29, 1.82) is 0 Å². The molecule has 1 amide bonds. The molecule has 0 aliphatic heterocycles. The minimum atomic E-state index is -0.345. The van der Waals surface area contributed by atoms with Crippen LogP contribution in [0.1, 0.15) is 12.5 Å². The summed E-state index contributed by atoms with van der Waals surface area (Å²) in [4.78, 5) is 17.3. The number of thiazole rings is 1. The van der Waals surface area contributed by atoms with Crippen molar-refractivity contribution in [3.8, 4) is 5.75 Å². The fourth-order valence-electron chi connectivity index (χ4n) is 2.70. The van der Waals surface area contributed by atoms with E-state index in [1.807, 2.05) is 47.9 Å². The number of hydrogen-bond acceptors (Lipinski definition) is 4. The first-order chi connectivity index (χ1) is 13.6. The molecule has 0 saturated heterocycles. The maximum atomic E-state index is 12.4. The molecule has 0 atom stereocenters. The lowest BCUT2D eigenvalue weighted by molar-refractivity contribution is -0.113. The summed E-state index contributed by atoms with van der Waals surface area (Å²) < 4.78 is 13.8. The van der Waals surface area contributed by atoms with Gasteiger partial charge in [0.2, 0.25) is 0 Å². The van der Waals surface area contributed by atoms with E-state index < -0.39 is 0 Å². The predicted molar refractivity (Wildman–Crippen MR) is 114 cm³/mol. The van der Waals surface area contributed by atoms with Gasteiger partial charge in [-0.1, -0.05) is 41.1 Å². The van der Waals surface area contributed by atoms with Crippen molar-refractivity contribution in [3.63, 3.8) is 0 Å². The molecule has 0 saturated carbocycles. The van der Waals surface area contributed by atoms with Gasteiger partial charge in [-0.05, 0) is 42.8 Å². The smallest absolute Gasteiger partial charge is 0.272 e. The molecule has 2 aromatic carbocycles. The highest BCUT2D eigenvalue weighted by Gasteiger charge is 2.09. The fraction of sp³-hybridized carbons (Fsp3) is 0.238. The number of aromatic nitrogens is 1. The Morgan fingerprint density at radius 1 is 1.29 bits per heavy atom. The third-order valence-corrected chi connectivity index (χ3v) is 5.39. The van der Waals surface area contributed by atoms with Gasteiger partial charge >= 0.3 is 0 Å². The van der Waals surface area contributed by atoms with E-state index in [-0.39, 0.29) is 5.91 Å². The van der Waals surface area contributed by atoms with Crippen molar-refractivity contribution in [2.24, 2.45) is 4.99 Å². The number of halogens is 1. The largest absolute Gasteiger partial charge is 0.494 e. The maximum Gasteiger partial charge on any atom is 0.272 e. The van der Waals surface area contributed by atoms with E-state index >= 15 is 0 Å². The topological polar surface area (TPSA) is 52.8 Å². The lowest BCUT2D eigenvalue weighted by Crippen LogP contribution is -2.18. The first-order valence-electron chi connectivity index (χ1n) is 8.88. The molecule has 1 aromatic heterocycles. The molecule has 0 fully saturated rings. The normalized spacial score (nSPS) is 12.2. The van der Waals surface area contributed by atoms with Gasteiger partial charge in [-0.15, -0.1) is 0 Å². The Morgan fingerprint density at radius 2 is 2.11 bits per heavy atom. The summed E-state index contributed by atoms with van der Waals surface area (Å²) in [5.74, 6) is 0.453. The van der Waals surface area contributed by atoms with Gasteiger partial charge in [0.25, 0.3) is 5.91 Å². The number of rotatable bonds is 7. The number of ether oxygens (including phenoxy) is 2. The fourth-order valence-corrected chi connectivity index (χ4v) is 3.99. The SMILES string of the molecule is CCOc1ccc2c(c1)sc(=NC(=O)C=Cc1ccccc1Cl)n2CCOC. The molecule has 0 spiro atoms. The van der Waals surface area contributed by atoms with E-state index in [2.05, 4.69) is 4.99 Å². The molecule has 28 heavy (non-hydrogen) atoms. The van der Waals surface area contributed by atoms with E-state index in [9.17, 15) is 4.79 Å².